The van der Waals surface area contributed by atoms with Crippen LogP contribution in [0.25, 0.3) is 0 Å². The molecule has 0 radical (unpaired) electrons. The average molecular weight is 241 g/mol. The van der Waals surface area contributed by atoms with E-state index in [1.807, 2.05) is 0 Å². The Labute approximate surface area is 101 Å². The van der Waals surface area contributed by atoms with Gasteiger partial charge in [-0.2, -0.15) is 0 Å². The van der Waals surface area contributed by atoms with Gasteiger partial charge in [0, 0.05) is 13.2 Å². The van der Waals surface area contributed by atoms with Crippen LogP contribution < -0.4 is 5.32 Å². The predicted octanol–water partition coefficient (Wildman–Crippen LogP) is 0.337. The second-order valence-corrected chi connectivity index (χ2v) is 4.91. The Balaban J connectivity index is 2.03. The summed E-state index contributed by atoms with van der Waals surface area (Å²) in [5.74, 6) is 0.281. The van der Waals surface area contributed by atoms with Gasteiger partial charge in [-0.15, -0.1) is 0 Å². The molecule has 2 bridgehead atoms. The third-order valence-electron chi connectivity index (χ3n) is 3.99. The largest absolute Gasteiger partial charge is 0.469 e. The van der Waals surface area contributed by atoms with Crippen LogP contribution in [0.1, 0.15) is 19.3 Å². The Morgan fingerprint density at radius 2 is 1.94 bits per heavy atom. The summed E-state index contributed by atoms with van der Waals surface area (Å²) in [4.78, 5) is 23.3. The van der Waals surface area contributed by atoms with Gasteiger partial charge >= 0.3 is 5.97 Å². The first-order valence-corrected chi connectivity index (χ1v) is 6.03. The molecule has 5 nitrogen and oxygen atoms in total. The molecule has 0 aromatic heterocycles. The molecule has 4 unspecified atom stereocenters. The fourth-order valence-corrected chi connectivity index (χ4v) is 3.33. The molecule has 0 aliphatic heterocycles. The second-order valence-electron chi connectivity index (χ2n) is 4.91. The lowest BCUT2D eigenvalue weighted by molar-refractivity contribution is -0.148. The van der Waals surface area contributed by atoms with Crippen molar-refractivity contribution < 1.29 is 19.1 Å². The molecule has 4 atom stereocenters. The van der Waals surface area contributed by atoms with E-state index in [1.165, 1.54) is 14.2 Å². The van der Waals surface area contributed by atoms with Gasteiger partial charge < -0.3 is 14.8 Å². The molecule has 2 fully saturated rings. The van der Waals surface area contributed by atoms with E-state index in [0.717, 1.165) is 19.3 Å². The second kappa shape index (κ2) is 5.04. The van der Waals surface area contributed by atoms with Crippen LogP contribution in [0.2, 0.25) is 0 Å². The van der Waals surface area contributed by atoms with E-state index in [1.54, 1.807) is 0 Å². The molecule has 2 aliphatic carbocycles. The SMILES string of the molecule is COCC(=O)NC1C2CCC(C2)C1C(=O)OC. The molecule has 96 valence electrons. The Morgan fingerprint density at radius 3 is 2.59 bits per heavy atom. The van der Waals surface area contributed by atoms with E-state index in [2.05, 4.69) is 5.32 Å². The lowest BCUT2D eigenvalue weighted by atomic mass is 9.84. The number of esters is 1. The maximum atomic E-state index is 11.7. The number of ether oxygens (including phenoxy) is 2. The molecule has 0 saturated heterocycles. The topological polar surface area (TPSA) is 64.6 Å². The smallest absolute Gasteiger partial charge is 0.311 e. The summed E-state index contributed by atoms with van der Waals surface area (Å²) in [6, 6.07) is -0.0659. The fourth-order valence-electron chi connectivity index (χ4n) is 3.33. The number of nitrogens with one attached hydrogen (secondary N) is 1. The van der Waals surface area contributed by atoms with Gasteiger partial charge in [0.15, 0.2) is 0 Å². The number of hydrogen-bond acceptors (Lipinski definition) is 4. The summed E-state index contributed by atoms with van der Waals surface area (Å²) in [7, 11) is 2.89. The zero-order valence-corrected chi connectivity index (χ0v) is 10.3. The predicted molar refractivity (Wildman–Crippen MR) is 60.1 cm³/mol. The number of amides is 1. The molecule has 1 amide bonds. The minimum Gasteiger partial charge on any atom is -0.469 e. The quantitative estimate of drug-likeness (QED) is 0.721. The summed E-state index contributed by atoms with van der Waals surface area (Å²) in [5.41, 5.74) is 0. The van der Waals surface area contributed by atoms with Crippen molar-refractivity contribution in [1.82, 2.24) is 5.32 Å². The summed E-state index contributed by atoms with van der Waals surface area (Å²) < 4.78 is 9.62. The summed E-state index contributed by atoms with van der Waals surface area (Å²) in [5, 5.41) is 2.91. The highest BCUT2D eigenvalue weighted by Crippen LogP contribution is 2.48. The van der Waals surface area contributed by atoms with Gasteiger partial charge in [0.2, 0.25) is 5.91 Å². The maximum Gasteiger partial charge on any atom is 0.311 e. The van der Waals surface area contributed by atoms with E-state index >= 15 is 0 Å². The van der Waals surface area contributed by atoms with Crippen LogP contribution >= 0.6 is 0 Å². The highest BCUT2D eigenvalue weighted by atomic mass is 16.5. The number of fused-ring (bicyclic) bond motifs is 2. The Kier molecular flexibility index (Phi) is 3.66. The third-order valence-corrected chi connectivity index (χ3v) is 3.99. The standard InChI is InChI=1S/C12H19NO4/c1-16-6-9(14)13-11-8-4-3-7(5-8)10(11)12(15)17-2/h7-8,10-11H,3-6H2,1-2H3,(H,13,14). The molecular formula is C12H19NO4. The van der Waals surface area contributed by atoms with Crippen molar-refractivity contribution >= 4 is 11.9 Å². The van der Waals surface area contributed by atoms with Crippen LogP contribution in [-0.2, 0) is 19.1 Å². The lowest BCUT2D eigenvalue weighted by Gasteiger charge is -2.29. The molecule has 17 heavy (non-hydrogen) atoms. The molecular weight excluding hydrogens is 222 g/mol. The molecule has 0 spiro atoms. The Morgan fingerprint density at radius 1 is 1.24 bits per heavy atom. The summed E-state index contributed by atoms with van der Waals surface area (Å²) >= 11 is 0. The number of rotatable bonds is 4. The monoisotopic (exact) mass is 241 g/mol. The van der Waals surface area contributed by atoms with Crippen molar-refractivity contribution in [3.63, 3.8) is 0 Å². The molecule has 2 aliphatic rings. The number of carbonyl (C=O) groups is 2. The molecule has 2 rings (SSSR count). The minimum atomic E-state index is -0.195. The van der Waals surface area contributed by atoms with Crippen LogP contribution in [0.5, 0.6) is 0 Å². The van der Waals surface area contributed by atoms with Crippen LogP contribution in [0, 0.1) is 17.8 Å². The normalized spacial score (nSPS) is 34.7. The van der Waals surface area contributed by atoms with Crippen LogP contribution in [0.3, 0.4) is 0 Å². The fraction of sp³-hybridized carbons (Fsp3) is 0.833. The number of methoxy groups -OCH3 is 2. The van der Waals surface area contributed by atoms with E-state index in [-0.39, 0.29) is 30.4 Å². The van der Waals surface area contributed by atoms with Crippen molar-refractivity contribution in [2.45, 2.75) is 25.3 Å². The molecule has 0 heterocycles. The number of carbonyl (C=O) groups excluding carboxylic acids is 2. The highest BCUT2D eigenvalue weighted by molar-refractivity contribution is 5.80. The Bertz CT molecular complexity index is 318. The number of hydrogen-bond donors (Lipinski definition) is 1. The van der Waals surface area contributed by atoms with Gasteiger partial charge in [-0.1, -0.05) is 0 Å². The van der Waals surface area contributed by atoms with Gasteiger partial charge in [-0.3, -0.25) is 9.59 Å². The van der Waals surface area contributed by atoms with Gasteiger partial charge in [0.05, 0.1) is 13.0 Å². The molecule has 0 aromatic rings. The summed E-state index contributed by atoms with van der Waals surface area (Å²) in [6.45, 7) is 0.0434. The van der Waals surface area contributed by atoms with Crippen molar-refractivity contribution in [3.05, 3.63) is 0 Å². The van der Waals surface area contributed by atoms with Crippen LogP contribution in [0.15, 0.2) is 0 Å². The third kappa shape index (κ3) is 2.29. The van der Waals surface area contributed by atoms with E-state index in [4.69, 9.17) is 9.47 Å². The average Bonchev–Trinajstić information content (AvgIpc) is 2.89. The summed E-state index contributed by atoms with van der Waals surface area (Å²) in [6.07, 6.45) is 3.19. The maximum absolute atomic E-state index is 11.7. The first kappa shape index (κ1) is 12.4. The first-order chi connectivity index (χ1) is 8.17. The zero-order chi connectivity index (χ0) is 12.4. The van der Waals surface area contributed by atoms with E-state index in [0.29, 0.717) is 11.8 Å². The Hall–Kier alpha value is -1.10. The molecule has 2 saturated carbocycles. The highest BCUT2D eigenvalue weighted by Gasteiger charge is 2.51. The lowest BCUT2D eigenvalue weighted by Crippen LogP contribution is -2.48. The van der Waals surface area contributed by atoms with E-state index in [9.17, 15) is 9.59 Å². The van der Waals surface area contributed by atoms with Crippen LogP contribution in [0.4, 0.5) is 0 Å². The van der Waals surface area contributed by atoms with Crippen molar-refractivity contribution in [3.8, 4) is 0 Å². The molecule has 0 aromatic carbocycles. The molecule has 1 N–H and O–H groups in total. The zero-order valence-electron chi connectivity index (χ0n) is 10.3. The molecule has 5 heteroatoms. The minimum absolute atomic E-state index is 0.0434. The van der Waals surface area contributed by atoms with Gasteiger partial charge in [0.1, 0.15) is 6.61 Å². The van der Waals surface area contributed by atoms with Crippen LogP contribution in [-0.4, -0.2) is 38.7 Å². The van der Waals surface area contributed by atoms with Gasteiger partial charge in [-0.05, 0) is 31.1 Å². The van der Waals surface area contributed by atoms with Gasteiger partial charge in [0.25, 0.3) is 0 Å². The first-order valence-electron chi connectivity index (χ1n) is 6.03. The van der Waals surface area contributed by atoms with Crippen molar-refractivity contribution in [1.29, 1.82) is 0 Å². The van der Waals surface area contributed by atoms with Crippen molar-refractivity contribution in [2.24, 2.45) is 17.8 Å². The van der Waals surface area contributed by atoms with Gasteiger partial charge in [-0.25, -0.2) is 0 Å². The van der Waals surface area contributed by atoms with E-state index < -0.39 is 0 Å². The van der Waals surface area contributed by atoms with Crippen molar-refractivity contribution in [2.75, 3.05) is 20.8 Å².